The maximum atomic E-state index is 11.9. The summed E-state index contributed by atoms with van der Waals surface area (Å²) < 4.78 is 1.37. The lowest BCUT2D eigenvalue weighted by molar-refractivity contribution is 0.483. The average molecular weight is 257 g/mol. The normalized spacial score (nSPS) is 20.6. The van der Waals surface area contributed by atoms with Crippen LogP contribution in [0.3, 0.4) is 0 Å². The van der Waals surface area contributed by atoms with Gasteiger partial charge in [-0.25, -0.2) is 4.68 Å². The Morgan fingerprint density at radius 3 is 3.06 bits per heavy atom. The van der Waals surface area contributed by atoms with E-state index < -0.39 is 0 Å². The Morgan fingerprint density at radius 1 is 1.65 bits per heavy atom. The smallest absolute Gasteiger partial charge is 0.287 e. The Hall–Kier alpha value is -1.07. The van der Waals surface area contributed by atoms with E-state index in [0.717, 1.165) is 25.3 Å². The Kier molecular flexibility index (Phi) is 3.69. The summed E-state index contributed by atoms with van der Waals surface area (Å²) in [6, 6.07) is 0.397. The molecule has 0 spiro atoms. The van der Waals surface area contributed by atoms with Crippen LogP contribution < -0.4 is 15.8 Å². The third kappa shape index (κ3) is 2.45. The van der Waals surface area contributed by atoms with Gasteiger partial charge in [-0.2, -0.15) is 5.10 Å². The highest BCUT2D eigenvalue weighted by molar-refractivity contribution is 6.33. The number of hydrogen-bond acceptors (Lipinski definition) is 4. The first kappa shape index (κ1) is 12.4. The number of aromatic nitrogens is 2. The second-order valence-corrected chi connectivity index (χ2v) is 4.64. The predicted octanol–water partition coefficient (Wildman–Crippen LogP) is 0.715. The molecule has 2 rings (SSSR count). The monoisotopic (exact) mass is 256 g/mol. The van der Waals surface area contributed by atoms with E-state index in [1.165, 1.54) is 4.68 Å². The fraction of sp³-hybridized carbons (Fsp3) is 0.636. The van der Waals surface area contributed by atoms with Crippen molar-refractivity contribution < 1.29 is 0 Å². The molecule has 0 saturated carbocycles. The van der Waals surface area contributed by atoms with Gasteiger partial charge < -0.3 is 10.2 Å². The minimum Gasteiger partial charge on any atom is -0.366 e. The molecule has 94 valence electrons. The molecule has 6 heteroatoms. The van der Waals surface area contributed by atoms with Crippen molar-refractivity contribution in [3.63, 3.8) is 0 Å². The zero-order valence-electron chi connectivity index (χ0n) is 10.1. The molecule has 17 heavy (non-hydrogen) atoms. The second-order valence-electron chi connectivity index (χ2n) is 4.27. The third-order valence-corrected chi connectivity index (χ3v) is 3.33. The molecule has 5 nitrogen and oxygen atoms in total. The van der Waals surface area contributed by atoms with Gasteiger partial charge in [-0.1, -0.05) is 11.6 Å². The van der Waals surface area contributed by atoms with Crippen molar-refractivity contribution in [3.8, 4) is 0 Å². The SMILES string of the molecule is CCn1ncc(N2CCN[C@H](C)C2)c(Cl)c1=O. The van der Waals surface area contributed by atoms with Crippen LogP contribution >= 0.6 is 11.6 Å². The lowest BCUT2D eigenvalue weighted by Crippen LogP contribution is -2.49. The van der Waals surface area contributed by atoms with Gasteiger partial charge in [0, 0.05) is 32.2 Å². The van der Waals surface area contributed by atoms with E-state index in [9.17, 15) is 4.79 Å². The molecule has 0 aromatic carbocycles. The number of nitrogens with one attached hydrogen (secondary N) is 1. The van der Waals surface area contributed by atoms with Crippen LogP contribution in [0.15, 0.2) is 11.0 Å². The summed E-state index contributed by atoms with van der Waals surface area (Å²) in [6.07, 6.45) is 1.69. The summed E-state index contributed by atoms with van der Waals surface area (Å²) in [4.78, 5) is 14.0. The van der Waals surface area contributed by atoms with Crippen molar-refractivity contribution in [2.24, 2.45) is 0 Å². The van der Waals surface area contributed by atoms with Crippen LogP contribution in [0.5, 0.6) is 0 Å². The first-order valence-electron chi connectivity index (χ1n) is 5.87. The number of nitrogens with zero attached hydrogens (tertiary/aromatic N) is 3. The average Bonchev–Trinajstić information content (AvgIpc) is 2.32. The fourth-order valence-electron chi connectivity index (χ4n) is 2.05. The molecule has 2 heterocycles. The van der Waals surface area contributed by atoms with Crippen molar-refractivity contribution in [1.82, 2.24) is 15.1 Å². The molecular formula is C11H17ClN4O. The third-order valence-electron chi connectivity index (χ3n) is 2.98. The number of rotatable bonds is 2. The zero-order chi connectivity index (χ0) is 12.4. The predicted molar refractivity (Wildman–Crippen MR) is 68.9 cm³/mol. The molecule has 0 bridgehead atoms. The van der Waals surface area contributed by atoms with E-state index in [0.29, 0.717) is 12.6 Å². The van der Waals surface area contributed by atoms with E-state index in [-0.39, 0.29) is 10.6 Å². The highest BCUT2D eigenvalue weighted by atomic mass is 35.5. The molecule has 1 aliphatic heterocycles. The molecule has 1 fully saturated rings. The van der Waals surface area contributed by atoms with Crippen molar-refractivity contribution in [1.29, 1.82) is 0 Å². The van der Waals surface area contributed by atoms with Crippen LogP contribution in [-0.4, -0.2) is 35.5 Å². The first-order valence-corrected chi connectivity index (χ1v) is 6.25. The number of halogens is 1. The van der Waals surface area contributed by atoms with Gasteiger partial charge in [-0.15, -0.1) is 0 Å². The lowest BCUT2D eigenvalue weighted by atomic mass is 10.2. The summed E-state index contributed by atoms with van der Waals surface area (Å²) in [5.74, 6) is 0. The van der Waals surface area contributed by atoms with Crippen LogP contribution in [0.1, 0.15) is 13.8 Å². The van der Waals surface area contributed by atoms with Gasteiger partial charge in [-0.05, 0) is 13.8 Å². The van der Waals surface area contributed by atoms with Crippen LogP contribution in [0.2, 0.25) is 5.02 Å². The van der Waals surface area contributed by atoms with Gasteiger partial charge in [0.15, 0.2) is 0 Å². The van der Waals surface area contributed by atoms with E-state index >= 15 is 0 Å². The van der Waals surface area contributed by atoms with Gasteiger partial charge in [0.05, 0.1) is 11.9 Å². The highest BCUT2D eigenvalue weighted by Gasteiger charge is 2.20. The van der Waals surface area contributed by atoms with Gasteiger partial charge in [0.1, 0.15) is 5.02 Å². The maximum Gasteiger partial charge on any atom is 0.287 e. The standard InChI is InChI=1S/C11H17ClN4O/c1-3-16-11(17)10(12)9(6-14-16)15-5-4-13-8(2)7-15/h6,8,13H,3-5,7H2,1-2H3/t8-/m1/s1. The summed E-state index contributed by atoms with van der Waals surface area (Å²) >= 11 is 6.12. The Bertz CT molecular complexity index is 459. The molecule has 0 radical (unpaired) electrons. The molecule has 0 amide bonds. The summed E-state index contributed by atoms with van der Waals surface area (Å²) in [5, 5.41) is 7.74. The minimum atomic E-state index is -0.210. The van der Waals surface area contributed by atoms with Crippen LogP contribution in [0.4, 0.5) is 5.69 Å². The molecule has 1 atom stereocenters. The zero-order valence-corrected chi connectivity index (χ0v) is 10.9. The van der Waals surface area contributed by atoms with E-state index in [4.69, 9.17) is 11.6 Å². The molecule has 1 saturated heterocycles. The van der Waals surface area contributed by atoms with Gasteiger partial charge in [0.2, 0.25) is 0 Å². The number of aryl methyl sites for hydroxylation is 1. The number of anilines is 1. The maximum absolute atomic E-state index is 11.9. The summed E-state index contributed by atoms with van der Waals surface area (Å²) in [6.45, 7) is 7.11. The summed E-state index contributed by atoms with van der Waals surface area (Å²) in [5.41, 5.74) is 0.535. The lowest BCUT2D eigenvalue weighted by Gasteiger charge is -2.33. The van der Waals surface area contributed by atoms with Crippen molar-refractivity contribution >= 4 is 17.3 Å². The Labute approximate surface area is 105 Å². The van der Waals surface area contributed by atoms with Crippen molar-refractivity contribution in [3.05, 3.63) is 21.6 Å². The molecule has 1 aromatic heterocycles. The Morgan fingerprint density at radius 2 is 2.41 bits per heavy atom. The minimum absolute atomic E-state index is 0.210. The fourth-order valence-corrected chi connectivity index (χ4v) is 2.32. The van der Waals surface area contributed by atoms with Crippen LogP contribution in [0.25, 0.3) is 0 Å². The number of piperazine rings is 1. The molecule has 1 N–H and O–H groups in total. The van der Waals surface area contributed by atoms with Gasteiger partial charge in [0.25, 0.3) is 5.56 Å². The van der Waals surface area contributed by atoms with E-state index in [1.807, 2.05) is 6.92 Å². The quantitative estimate of drug-likeness (QED) is 0.847. The number of hydrogen-bond donors (Lipinski definition) is 1. The summed E-state index contributed by atoms with van der Waals surface area (Å²) in [7, 11) is 0. The highest BCUT2D eigenvalue weighted by Crippen LogP contribution is 2.21. The molecular weight excluding hydrogens is 240 g/mol. The van der Waals surface area contributed by atoms with Crippen molar-refractivity contribution in [2.45, 2.75) is 26.4 Å². The molecule has 0 aliphatic carbocycles. The molecule has 1 aliphatic rings. The van der Waals surface area contributed by atoms with Crippen LogP contribution in [0, 0.1) is 0 Å². The van der Waals surface area contributed by atoms with Gasteiger partial charge >= 0.3 is 0 Å². The van der Waals surface area contributed by atoms with Crippen molar-refractivity contribution in [2.75, 3.05) is 24.5 Å². The molecule has 0 unspecified atom stereocenters. The largest absolute Gasteiger partial charge is 0.366 e. The van der Waals surface area contributed by atoms with E-state index in [1.54, 1.807) is 6.20 Å². The molecule has 1 aromatic rings. The van der Waals surface area contributed by atoms with E-state index in [2.05, 4.69) is 22.2 Å². The topological polar surface area (TPSA) is 50.2 Å². The van der Waals surface area contributed by atoms with Gasteiger partial charge in [-0.3, -0.25) is 4.79 Å². The first-order chi connectivity index (χ1) is 8.13. The second kappa shape index (κ2) is 5.06. The van der Waals surface area contributed by atoms with Crippen LogP contribution in [-0.2, 0) is 6.54 Å². The Balaban J connectivity index is 2.33.